The van der Waals surface area contributed by atoms with E-state index >= 15 is 0 Å². The fourth-order valence-electron chi connectivity index (χ4n) is 1.34. The first-order chi connectivity index (χ1) is 7.88. The minimum absolute atomic E-state index is 0.710. The summed E-state index contributed by atoms with van der Waals surface area (Å²) in [5.41, 5.74) is 0. The van der Waals surface area contributed by atoms with E-state index in [-0.39, 0.29) is 0 Å². The van der Waals surface area contributed by atoms with E-state index < -0.39 is 48.9 Å². The maximum atomic E-state index is 10.8. The number of hydrogen-bond donors (Lipinski definition) is 6. The second kappa shape index (κ2) is 5.43. The van der Waals surface area contributed by atoms with Gasteiger partial charge in [0.15, 0.2) is 6.10 Å². The molecule has 1 aliphatic heterocycles. The van der Waals surface area contributed by atoms with E-state index in [0.717, 1.165) is 6.08 Å². The molecule has 17 heavy (non-hydrogen) atoms. The summed E-state index contributed by atoms with van der Waals surface area (Å²) in [5, 5.41) is 54.8. The molecule has 8 nitrogen and oxygen atoms in total. The van der Waals surface area contributed by atoms with Crippen LogP contribution in [-0.4, -0.2) is 73.7 Å². The van der Waals surface area contributed by atoms with Crippen LogP contribution < -0.4 is 0 Å². The van der Waals surface area contributed by atoms with Crippen molar-refractivity contribution in [2.75, 3.05) is 6.61 Å². The van der Waals surface area contributed by atoms with Crippen LogP contribution >= 0.6 is 0 Å². The topological polar surface area (TPSA) is 148 Å². The monoisotopic (exact) mass is 250 g/mol. The summed E-state index contributed by atoms with van der Waals surface area (Å²) in [5.74, 6) is -1.77. The maximum Gasteiger partial charge on any atom is 0.373 e. The average molecular weight is 250 g/mol. The molecule has 0 spiro atoms. The van der Waals surface area contributed by atoms with Gasteiger partial charge < -0.3 is 35.4 Å². The van der Waals surface area contributed by atoms with E-state index in [1.807, 2.05) is 0 Å². The molecule has 0 fully saturated rings. The highest BCUT2D eigenvalue weighted by atomic mass is 16.6. The lowest BCUT2D eigenvalue weighted by Crippen LogP contribution is -2.49. The number of aliphatic hydroxyl groups is 6. The van der Waals surface area contributed by atoms with Crippen molar-refractivity contribution in [1.82, 2.24) is 0 Å². The Morgan fingerprint density at radius 2 is 1.82 bits per heavy atom. The Morgan fingerprint density at radius 1 is 1.24 bits per heavy atom. The van der Waals surface area contributed by atoms with Gasteiger partial charge in [-0.2, -0.15) is 0 Å². The molecule has 1 heterocycles. The van der Waals surface area contributed by atoms with Crippen molar-refractivity contribution in [1.29, 1.82) is 0 Å². The number of esters is 1. The summed E-state index contributed by atoms with van der Waals surface area (Å²) < 4.78 is 4.47. The predicted molar refractivity (Wildman–Crippen MR) is 51.7 cm³/mol. The first-order valence-electron chi connectivity index (χ1n) is 4.83. The Morgan fingerprint density at radius 3 is 2.24 bits per heavy atom. The van der Waals surface area contributed by atoms with Crippen LogP contribution in [0.1, 0.15) is 0 Å². The van der Waals surface area contributed by atoms with Crippen LogP contribution in [0.3, 0.4) is 0 Å². The van der Waals surface area contributed by atoms with Gasteiger partial charge in [0.1, 0.15) is 24.4 Å². The quantitative estimate of drug-likeness (QED) is 0.279. The van der Waals surface area contributed by atoms with Crippen LogP contribution in [0.2, 0.25) is 0 Å². The Hall–Kier alpha value is -1.19. The van der Waals surface area contributed by atoms with Gasteiger partial charge in [-0.05, 0) is 0 Å². The first kappa shape index (κ1) is 13.9. The molecule has 0 amide bonds. The highest BCUT2D eigenvalue weighted by Crippen LogP contribution is 2.18. The molecule has 0 aliphatic carbocycles. The lowest BCUT2D eigenvalue weighted by molar-refractivity contribution is -0.159. The molecule has 0 bridgehead atoms. The van der Waals surface area contributed by atoms with Crippen molar-refractivity contribution in [3.05, 3.63) is 11.8 Å². The van der Waals surface area contributed by atoms with E-state index in [9.17, 15) is 20.1 Å². The minimum atomic E-state index is -1.85. The van der Waals surface area contributed by atoms with Crippen molar-refractivity contribution in [3.8, 4) is 0 Å². The van der Waals surface area contributed by atoms with Gasteiger partial charge in [-0.3, -0.25) is 0 Å². The third-order valence-corrected chi connectivity index (χ3v) is 2.39. The van der Waals surface area contributed by atoms with Crippen LogP contribution in [0.25, 0.3) is 0 Å². The number of carbonyl (C=O) groups excluding carboxylic acids is 1. The largest absolute Gasteiger partial charge is 0.502 e. The number of hydrogen-bond acceptors (Lipinski definition) is 8. The summed E-state index contributed by atoms with van der Waals surface area (Å²) in [4.78, 5) is 10.8. The SMILES string of the molecule is O=C1O[C@H]([C@H](O)[C@H](O)[C@H](O)[C@H](O)CO)C=C1O. The molecule has 0 saturated heterocycles. The fraction of sp³-hybridized carbons (Fsp3) is 0.667. The molecule has 6 N–H and O–H groups in total. The molecule has 8 heteroatoms. The first-order valence-corrected chi connectivity index (χ1v) is 4.83. The normalized spacial score (nSPS) is 27.0. The van der Waals surface area contributed by atoms with Gasteiger partial charge in [0.05, 0.1) is 6.61 Å². The van der Waals surface area contributed by atoms with E-state index in [4.69, 9.17) is 15.3 Å². The minimum Gasteiger partial charge on any atom is -0.502 e. The second-order valence-corrected chi connectivity index (χ2v) is 3.64. The number of aliphatic hydroxyl groups excluding tert-OH is 6. The summed E-state index contributed by atoms with van der Waals surface area (Å²) in [6.45, 7) is -0.809. The summed E-state index contributed by atoms with van der Waals surface area (Å²) in [6.07, 6.45) is -7.50. The third kappa shape index (κ3) is 2.93. The lowest BCUT2D eigenvalue weighted by atomic mass is 9.99. The van der Waals surface area contributed by atoms with Gasteiger partial charge in [0.2, 0.25) is 5.76 Å². The Bertz CT molecular complexity index is 314. The Labute approximate surface area is 96.0 Å². The van der Waals surface area contributed by atoms with Gasteiger partial charge in [-0.15, -0.1) is 0 Å². The van der Waals surface area contributed by atoms with E-state index in [2.05, 4.69) is 4.74 Å². The Kier molecular flexibility index (Phi) is 4.43. The molecule has 1 aliphatic rings. The Balaban J connectivity index is 2.64. The average Bonchev–Trinajstić information content (AvgIpc) is 2.65. The molecule has 0 aromatic rings. The van der Waals surface area contributed by atoms with Crippen LogP contribution in [0.5, 0.6) is 0 Å². The third-order valence-electron chi connectivity index (χ3n) is 2.39. The lowest BCUT2D eigenvalue weighted by Gasteiger charge is -2.27. The van der Waals surface area contributed by atoms with E-state index in [1.54, 1.807) is 0 Å². The predicted octanol–water partition coefficient (Wildman–Crippen LogP) is -3.21. The standard InChI is InChI=1S/C9H14O8/c10-2-4(12)6(13)8(15)7(14)5-1-3(11)9(16)17-5/h1,4-8,10-15H,2H2/t4-,5+,6-,7+,8-/m1/s1. The fourth-order valence-corrected chi connectivity index (χ4v) is 1.34. The summed E-state index contributed by atoms with van der Waals surface area (Å²) >= 11 is 0. The van der Waals surface area contributed by atoms with Crippen molar-refractivity contribution in [2.24, 2.45) is 0 Å². The van der Waals surface area contributed by atoms with Crippen molar-refractivity contribution in [3.63, 3.8) is 0 Å². The highest BCUT2D eigenvalue weighted by Gasteiger charge is 2.39. The molecule has 0 saturated carbocycles. The molecule has 0 aromatic carbocycles. The highest BCUT2D eigenvalue weighted by molar-refractivity contribution is 5.88. The molecule has 1 rings (SSSR count). The molecule has 0 radical (unpaired) electrons. The van der Waals surface area contributed by atoms with Gasteiger partial charge in [-0.1, -0.05) is 0 Å². The molecule has 0 unspecified atom stereocenters. The van der Waals surface area contributed by atoms with Gasteiger partial charge >= 0.3 is 5.97 Å². The smallest absolute Gasteiger partial charge is 0.373 e. The van der Waals surface area contributed by atoms with Crippen molar-refractivity contribution in [2.45, 2.75) is 30.5 Å². The molecular weight excluding hydrogens is 236 g/mol. The zero-order chi connectivity index (χ0) is 13.2. The molecule has 98 valence electrons. The number of rotatable bonds is 5. The number of cyclic esters (lactones) is 1. The van der Waals surface area contributed by atoms with E-state index in [0.29, 0.717) is 0 Å². The molecule has 5 atom stereocenters. The number of ether oxygens (including phenoxy) is 1. The number of carbonyl (C=O) groups is 1. The zero-order valence-corrected chi connectivity index (χ0v) is 8.67. The summed E-state index contributed by atoms with van der Waals surface area (Å²) in [6, 6.07) is 0. The summed E-state index contributed by atoms with van der Waals surface area (Å²) in [7, 11) is 0. The second-order valence-electron chi connectivity index (χ2n) is 3.64. The maximum absolute atomic E-state index is 10.8. The van der Waals surface area contributed by atoms with Crippen LogP contribution in [-0.2, 0) is 9.53 Å². The van der Waals surface area contributed by atoms with Crippen molar-refractivity contribution >= 4 is 5.97 Å². The van der Waals surface area contributed by atoms with Gasteiger partial charge in [-0.25, -0.2) is 4.79 Å². The van der Waals surface area contributed by atoms with Gasteiger partial charge in [0.25, 0.3) is 0 Å². The van der Waals surface area contributed by atoms with Gasteiger partial charge in [0, 0.05) is 6.08 Å². The van der Waals surface area contributed by atoms with Crippen LogP contribution in [0.4, 0.5) is 0 Å². The molecule has 0 aromatic heterocycles. The van der Waals surface area contributed by atoms with Crippen LogP contribution in [0, 0.1) is 0 Å². The van der Waals surface area contributed by atoms with Crippen molar-refractivity contribution < 1.29 is 40.2 Å². The van der Waals surface area contributed by atoms with Crippen LogP contribution in [0.15, 0.2) is 11.8 Å². The molecular formula is C9H14O8. The zero-order valence-electron chi connectivity index (χ0n) is 8.67. The van der Waals surface area contributed by atoms with E-state index in [1.165, 1.54) is 0 Å².